The van der Waals surface area contributed by atoms with Gasteiger partial charge in [0.15, 0.2) is 0 Å². The number of primary amides is 1. The molecule has 0 spiro atoms. The summed E-state index contributed by atoms with van der Waals surface area (Å²) in [6, 6.07) is 0. The van der Waals surface area contributed by atoms with Crippen molar-refractivity contribution in [1.29, 1.82) is 0 Å². The fraction of sp³-hybridized carbons (Fsp3) is 0.727. The van der Waals surface area contributed by atoms with E-state index in [0.29, 0.717) is 12.8 Å². The zero-order valence-corrected chi connectivity index (χ0v) is 9.19. The molecule has 0 heterocycles. The molecule has 0 rings (SSSR count). The Morgan fingerprint density at radius 3 is 1.93 bits per heavy atom. The molecule has 0 aliphatic heterocycles. The van der Waals surface area contributed by atoms with Gasteiger partial charge in [-0.15, -0.1) is 0 Å². The molecule has 0 saturated carbocycles. The van der Waals surface area contributed by atoms with E-state index in [4.69, 9.17) is 5.73 Å². The molecule has 1 amide bonds. The Kier molecular flexibility index (Phi) is 7.86. The van der Waals surface area contributed by atoms with E-state index in [1.807, 2.05) is 0 Å². The summed E-state index contributed by atoms with van der Waals surface area (Å²) in [7, 11) is 0. The molecule has 0 aliphatic carbocycles. The first-order valence-corrected chi connectivity index (χ1v) is 5.33. The first-order valence-electron chi connectivity index (χ1n) is 5.33. The van der Waals surface area contributed by atoms with Gasteiger partial charge in [-0.3, -0.25) is 4.79 Å². The van der Waals surface area contributed by atoms with Crippen LogP contribution in [0.25, 0.3) is 0 Å². The zero-order chi connectivity index (χ0) is 11.7. The highest BCUT2D eigenvalue weighted by molar-refractivity contribution is 5.73. The average molecular weight is 219 g/mol. The van der Waals surface area contributed by atoms with E-state index in [1.54, 1.807) is 0 Å². The maximum absolute atomic E-state index is 12.0. The van der Waals surface area contributed by atoms with Gasteiger partial charge in [-0.05, 0) is 31.8 Å². The fourth-order valence-electron chi connectivity index (χ4n) is 1.31. The Bertz CT molecular complexity index is 223. The van der Waals surface area contributed by atoms with Crippen LogP contribution >= 0.6 is 0 Å². The summed E-state index contributed by atoms with van der Waals surface area (Å²) >= 11 is 0. The molecule has 0 unspecified atom stereocenters. The van der Waals surface area contributed by atoms with Crippen molar-refractivity contribution in [1.82, 2.24) is 0 Å². The molecule has 0 bridgehead atoms. The number of amides is 1. The number of carbonyl (C=O) groups is 1. The van der Waals surface area contributed by atoms with Crippen LogP contribution in [-0.2, 0) is 4.79 Å². The minimum atomic E-state index is -1.55. The van der Waals surface area contributed by atoms with E-state index < -0.39 is 6.08 Å². The Balaban J connectivity index is 3.26. The lowest BCUT2D eigenvalue weighted by Gasteiger charge is -2.01. The fourth-order valence-corrected chi connectivity index (χ4v) is 1.31. The topological polar surface area (TPSA) is 43.1 Å². The Morgan fingerprint density at radius 2 is 1.47 bits per heavy atom. The molecule has 0 aromatic rings. The SMILES string of the molecule is CC(CCCCCCCC(N)=O)=C(F)F. The number of allylic oxidation sites excluding steroid dienone is 1. The van der Waals surface area contributed by atoms with Gasteiger partial charge in [0.25, 0.3) is 6.08 Å². The van der Waals surface area contributed by atoms with Crippen molar-refractivity contribution in [2.24, 2.45) is 5.73 Å². The van der Waals surface area contributed by atoms with E-state index in [-0.39, 0.29) is 11.5 Å². The van der Waals surface area contributed by atoms with Gasteiger partial charge in [0.2, 0.25) is 5.91 Å². The summed E-state index contributed by atoms with van der Waals surface area (Å²) in [6.45, 7) is 1.46. The van der Waals surface area contributed by atoms with Crippen molar-refractivity contribution in [3.63, 3.8) is 0 Å². The van der Waals surface area contributed by atoms with Crippen LogP contribution in [0.4, 0.5) is 8.78 Å². The van der Waals surface area contributed by atoms with Gasteiger partial charge in [0.05, 0.1) is 0 Å². The minimum absolute atomic E-state index is 0.187. The third-order valence-electron chi connectivity index (χ3n) is 2.30. The van der Waals surface area contributed by atoms with Crippen LogP contribution in [0.3, 0.4) is 0 Å². The molecule has 4 heteroatoms. The van der Waals surface area contributed by atoms with Gasteiger partial charge in [-0.2, -0.15) is 8.78 Å². The molecule has 88 valence electrons. The summed E-state index contributed by atoms with van der Waals surface area (Å²) in [5, 5.41) is 0. The third-order valence-corrected chi connectivity index (χ3v) is 2.30. The smallest absolute Gasteiger partial charge is 0.269 e. The Hall–Kier alpha value is -0.930. The molecule has 0 saturated heterocycles. The lowest BCUT2D eigenvalue weighted by atomic mass is 10.1. The Morgan fingerprint density at radius 1 is 1.00 bits per heavy atom. The number of nitrogens with two attached hydrogens (primary N) is 1. The van der Waals surface area contributed by atoms with Crippen LogP contribution in [0.5, 0.6) is 0 Å². The van der Waals surface area contributed by atoms with Crippen molar-refractivity contribution >= 4 is 5.91 Å². The monoisotopic (exact) mass is 219 g/mol. The van der Waals surface area contributed by atoms with Gasteiger partial charge < -0.3 is 5.73 Å². The van der Waals surface area contributed by atoms with E-state index in [0.717, 1.165) is 32.1 Å². The van der Waals surface area contributed by atoms with Crippen molar-refractivity contribution < 1.29 is 13.6 Å². The standard InChI is InChI=1S/C11H19F2NO/c1-9(11(12)13)7-5-3-2-4-6-8-10(14)15/h2-8H2,1H3,(H2,14,15). The summed E-state index contributed by atoms with van der Waals surface area (Å²) in [6.07, 6.45) is 3.81. The second-order valence-corrected chi connectivity index (χ2v) is 3.77. The van der Waals surface area contributed by atoms with Crippen LogP contribution < -0.4 is 5.73 Å². The number of rotatable bonds is 8. The number of unbranched alkanes of at least 4 members (excludes halogenated alkanes) is 4. The maximum atomic E-state index is 12.0. The first-order chi connectivity index (χ1) is 7.04. The summed E-state index contributed by atoms with van der Waals surface area (Å²) in [4.78, 5) is 10.4. The van der Waals surface area contributed by atoms with Crippen LogP contribution in [0.1, 0.15) is 51.9 Å². The van der Waals surface area contributed by atoms with Crippen LogP contribution in [0.15, 0.2) is 11.7 Å². The zero-order valence-electron chi connectivity index (χ0n) is 9.19. The second kappa shape index (κ2) is 8.38. The van der Waals surface area contributed by atoms with Crippen molar-refractivity contribution in [3.05, 3.63) is 11.7 Å². The predicted octanol–water partition coefficient (Wildman–Crippen LogP) is 3.37. The van der Waals surface area contributed by atoms with Crippen molar-refractivity contribution in [3.8, 4) is 0 Å². The molecule has 0 radical (unpaired) electrons. The average Bonchev–Trinajstić information content (AvgIpc) is 2.15. The normalized spacial score (nSPS) is 10.1. The molecule has 0 aromatic heterocycles. The summed E-state index contributed by atoms with van der Waals surface area (Å²) in [5.74, 6) is -0.270. The van der Waals surface area contributed by atoms with E-state index >= 15 is 0 Å². The van der Waals surface area contributed by atoms with E-state index in [2.05, 4.69) is 0 Å². The molecular weight excluding hydrogens is 200 g/mol. The maximum Gasteiger partial charge on any atom is 0.269 e. The lowest BCUT2D eigenvalue weighted by Crippen LogP contribution is -2.09. The van der Waals surface area contributed by atoms with Crippen LogP contribution in [0, 0.1) is 0 Å². The van der Waals surface area contributed by atoms with Gasteiger partial charge in [0, 0.05) is 6.42 Å². The largest absolute Gasteiger partial charge is 0.370 e. The highest BCUT2D eigenvalue weighted by Gasteiger charge is 1.99. The second-order valence-electron chi connectivity index (χ2n) is 3.77. The molecule has 0 aliphatic rings. The van der Waals surface area contributed by atoms with Crippen molar-refractivity contribution in [2.75, 3.05) is 0 Å². The van der Waals surface area contributed by atoms with Crippen LogP contribution in [-0.4, -0.2) is 5.91 Å². The molecule has 15 heavy (non-hydrogen) atoms. The number of hydrogen-bond donors (Lipinski definition) is 1. The van der Waals surface area contributed by atoms with E-state index in [9.17, 15) is 13.6 Å². The van der Waals surface area contributed by atoms with Gasteiger partial charge in [-0.25, -0.2) is 0 Å². The predicted molar refractivity (Wildman–Crippen MR) is 56.4 cm³/mol. The molecular formula is C11H19F2NO. The first kappa shape index (κ1) is 14.1. The Labute approximate surface area is 89.5 Å². The molecule has 2 nitrogen and oxygen atoms in total. The number of hydrogen-bond acceptors (Lipinski definition) is 1. The molecule has 0 fully saturated rings. The highest BCUT2D eigenvalue weighted by atomic mass is 19.3. The summed E-state index contributed by atoms with van der Waals surface area (Å²) < 4.78 is 24.0. The molecule has 0 atom stereocenters. The van der Waals surface area contributed by atoms with E-state index in [1.165, 1.54) is 6.92 Å². The third kappa shape index (κ3) is 9.38. The minimum Gasteiger partial charge on any atom is -0.370 e. The van der Waals surface area contributed by atoms with Crippen LogP contribution in [0.2, 0.25) is 0 Å². The summed E-state index contributed by atoms with van der Waals surface area (Å²) in [5.41, 5.74) is 5.17. The van der Waals surface area contributed by atoms with Crippen molar-refractivity contribution in [2.45, 2.75) is 51.9 Å². The van der Waals surface area contributed by atoms with Gasteiger partial charge >= 0.3 is 0 Å². The molecule has 0 aromatic carbocycles. The number of halogens is 2. The highest BCUT2D eigenvalue weighted by Crippen LogP contribution is 2.15. The number of carbonyl (C=O) groups excluding carboxylic acids is 1. The quantitative estimate of drug-likeness (QED) is 0.625. The lowest BCUT2D eigenvalue weighted by molar-refractivity contribution is -0.118. The molecule has 2 N–H and O–H groups in total. The van der Waals surface area contributed by atoms with Gasteiger partial charge in [0.1, 0.15) is 0 Å². The van der Waals surface area contributed by atoms with Gasteiger partial charge in [-0.1, -0.05) is 19.3 Å².